The van der Waals surface area contributed by atoms with Crippen LogP contribution in [0.4, 0.5) is 0 Å². The summed E-state index contributed by atoms with van der Waals surface area (Å²) in [5.74, 6) is 0.559. The zero-order chi connectivity index (χ0) is 13.0. The topological polar surface area (TPSA) is 46.2 Å². The zero-order valence-electron chi connectivity index (χ0n) is 10.8. The van der Waals surface area contributed by atoms with E-state index < -0.39 is 10.0 Å². The second-order valence-electron chi connectivity index (χ2n) is 4.99. The van der Waals surface area contributed by atoms with Gasteiger partial charge in [0.2, 0.25) is 10.0 Å². The van der Waals surface area contributed by atoms with Crippen molar-refractivity contribution in [2.24, 2.45) is 0 Å². The van der Waals surface area contributed by atoms with Crippen molar-refractivity contribution < 1.29 is 8.42 Å². The molecule has 0 aliphatic heterocycles. The number of nitrogens with one attached hydrogen (secondary N) is 1. The third-order valence-electron chi connectivity index (χ3n) is 3.55. The van der Waals surface area contributed by atoms with Crippen molar-refractivity contribution in [2.45, 2.75) is 44.6 Å². The summed E-state index contributed by atoms with van der Waals surface area (Å²) in [7, 11) is -3.11. The van der Waals surface area contributed by atoms with Gasteiger partial charge in [0.05, 0.1) is 5.75 Å². The number of benzene rings is 1. The average molecular weight is 267 g/mol. The van der Waals surface area contributed by atoms with Crippen LogP contribution in [0.25, 0.3) is 0 Å². The monoisotopic (exact) mass is 267 g/mol. The van der Waals surface area contributed by atoms with Crippen molar-refractivity contribution in [1.29, 1.82) is 0 Å². The van der Waals surface area contributed by atoms with E-state index in [1.165, 1.54) is 5.56 Å². The predicted octanol–water partition coefficient (Wildman–Crippen LogP) is 2.65. The minimum Gasteiger partial charge on any atom is -0.212 e. The fourth-order valence-electron chi connectivity index (χ4n) is 2.76. The van der Waals surface area contributed by atoms with E-state index in [1.807, 2.05) is 25.1 Å². The molecule has 3 nitrogen and oxygen atoms in total. The van der Waals surface area contributed by atoms with Crippen molar-refractivity contribution in [3.63, 3.8) is 0 Å². The maximum Gasteiger partial charge on any atom is 0.211 e. The van der Waals surface area contributed by atoms with Gasteiger partial charge in [-0.3, -0.25) is 0 Å². The molecule has 2 atom stereocenters. The SMILES string of the molecule is CCCS(=O)(=O)NC1CCCC1c1ccccc1. The van der Waals surface area contributed by atoms with Gasteiger partial charge in [0.25, 0.3) is 0 Å². The minimum atomic E-state index is -3.11. The summed E-state index contributed by atoms with van der Waals surface area (Å²) in [6, 6.07) is 10.3. The minimum absolute atomic E-state index is 0.0731. The quantitative estimate of drug-likeness (QED) is 0.891. The van der Waals surface area contributed by atoms with Crippen LogP contribution in [0.15, 0.2) is 30.3 Å². The molecule has 1 aliphatic rings. The lowest BCUT2D eigenvalue weighted by Crippen LogP contribution is -2.37. The predicted molar refractivity (Wildman–Crippen MR) is 74.0 cm³/mol. The number of sulfonamides is 1. The molecule has 1 saturated carbocycles. The largest absolute Gasteiger partial charge is 0.212 e. The van der Waals surface area contributed by atoms with Crippen LogP contribution >= 0.6 is 0 Å². The summed E-state index contributed by atoms with van der Waals surface area (Å²) in [6.45, 7) is 1.89. The molecule has 1 fully saturated rings. The molecular weight excluding hydrogens is 246 g/mol. The van der Waals surface area contributed by atoms with Crippen LogP contribution in [0.1, 0.15) is 44.1 Å². The molecule has 1 aromatic rings. The van der Waals surface area contributed by atoms with Gasteiger partial charge in [0.15, 0.2) is 0 Å². The maximum absolute atomic E-state index is 11.9. The molecule has 2 unspecified atom stereocenters. The van der Waals surface area contributed by atoms with Crippen LogP contribution in [-0.2, 0) is 10.0 Å². The summed E-state index contributed by atoms with van der Waals surface area (Å²) < 4.78 is 26.6. The number of rotatable bonds is 5. The second-order valence-corrected chi connectivity index (χ2v) is 6.86. The lowest BCUT2D eigenvalue weighted by atomic mass is 9.95. The fourth-order valence-corrected chi connectivity index (χ4v) is 4.16. The lowest BCUT2D eigenvalue weighted by Gasteiger charge is -2.21. The van der Waals surface area contributed by atoms with E-state index in [-0.39, 0.29) is 11.8 Å². The highest BCUT2D eigenvalue weighted by Crippen LogP contribution is 2.34. The molecule has 1 aromatic carbocycles. The van der Waals surface area contributed by atoms with Gasteiger partial charge >= 0.3 is 0 Å². The Labute approximate surface area is 110 Å². The molecule has 0 saturated heterocycles. The van der Waals surface area contributed by atoms with E-state index in [9.17, 15) is 8.42 Å². The van der Waals surface area contributed by atoms with Crippen molar-refractivity contribution in [2.75, 3.05) is 5.75 Å². The van der Waals surface area contributed by atoms with E-state index in [4.69, 9.17) is 0 Å². The molecule has 4 heteroatoms. The Balaban J connectivity index is 2.09. The molecule has 2 rings (SSSR count). The van der Waals surface area contributed by atoms with Crippen LogP contribution in [0.5, 0.6) is 0 Å². The van der Waals surface area contributed by atoms with E-state index in [2.05, 4.69) is 16.9 Å². The smallest absolute Gasteiger partial charge is 0.211 e. The molecule has 1 N–H and O–H groups in total. The van der Waals surface area contributed by atoms with Crippen LogP contribution in [0.2, 0.25) is 0 Å². The maximum atomic E-state index is 11.9. The molecule has 0 spiro atoms. The van der Waals surface area contributed by atoms with Crippen molar-refractivity contribution in [1.82, 2.24) is 4.72 Å². The first kappa shape index (κ1) is 13.6. The standard InChI is InChI=1S/C14H21NO2S/c1-2-11-18(16,17)15-14-10-6-9-13(14)12-7-4-3-5-8-12/h3-5,7-8,13-15H,2,6,9-11H2,1H3. The number of hydrogen-bond donors (Lipinski definition) is 1. The first-order chi connectivity index (χ1) is 8.62. The van der Waals surface area contributed by atoms with Crippen LogP contribution in [0, 0.1) is 0 Å². The van der Waals surface area contributed by atoms with Gasteiger partial charge in [-0.1, -0.05) is 43.7 Å². The van der Waals surface area contributed by atoms with Crippen molar-refractivity contribution in [3.05, 3.63) is 35.9 Å². The average Bonchev–Trinajstić information content (AvgIpc) is 2.77. The highest BCUT2D eigenvalue weighted by molar-refractivity contribution is 7.89. The Kier molecular flexibility index (Phi) is 4.40. The van der Waals surface area contributed by atoms with Gasteiger partial charge in [-0.05, 0) is 24.8 Å². The van der Waals surface area contributed by atoms with Gasteiger partial charge in [-0.25, -0.2) is 13.1 Å². The Morgan fingerprint density at radius 2 is 1.94 bits per heavy atom. The molecule has 0 radical (unpaired) electrons. The summed E-state index contributed by atoms with van der Waals surface area (Å²) in [5, 5.41) is 0. The zero-order valence-corrected chi connectivity index (χ0v) is 11.6. The fraction of sp³-hybridized carbons (Fsp3) is 0.571. The van der Waals surface area contributed by atoms with E-state index >= 15 is 0 Å². The summed E-state index contributed by atoms with van der Waals surface area (Å²) in [4.78, 5) is 0. The van der Waals surface area contributed by atoms with Crippen LogP contribution in [0.3, 0.4) is 0 Å². The number of hydrogen-bond acceptors (Lipinski definition) is 2. The van der Waals surface area contributed by atoms with E-state index in [0.29, 0.717) is 12.3 Å². The van der Waals surface area contributed by atoms with Gasteiger partial charge < -0.3 is 0 Å². The molecule has 100 valence electrons. The van der Waals surface area contributed by atoms with Crippen LogP contribution < -0.4 is 4.72 Å². The summed E-state index contributed by atoms with van der Waals surface area (Å²) in [5.41, 5.74) is 1.25. The van der Waals surface area contributed by atoms with Crippen molar-refractivity contribution in [3.8, 4) is 0 Å². The Morgan fingerprint density at radius 3 is 2.61 bits per heavy atom. The molecule has 0 amide bonds. The Bertz CT molecular complexity index is 470. The van der Waals surface area contributed by atoms with Gasteiger partial charge in [0.1, 0.15) is 0 Å². The molecule has 1 aliphatic carbocycles. The van der Waals surface area contributed by atoms with E-state index in [1.54, 1.807) is 0 Å². The second kappa shape index (κ2) is 5.85. The van der Waals surface area contributed by atoms with Gasteiger partial charge in [0, 0.05) is 12.0 Å². The van der Waals surface area contributed by atoms with Crippen LogP contribution in [-0.4, -0.2) is 20.2 Å². The van der Waals surface area contributed by atoms with Gasteiger partial charge in [-0.15, -0.1) is 0 Å². The molecular formula is C14H21NO2S. The third kappa shape index (κ3) is 3.33. The Morgan fingerprint density at radius 1 is 1.22 bits per heavy atom. The molecule has 0 aromatic heterocycles. The lowest BCUT2D eigenvalue weighted by molar-refractivity contribution is 0.524. The normalized spacial score (nSPS) is 24.3. The molecule has 18 heavy (non-hydrogen) atoms. The van der Waals surface area contributed by atoms with Crippen molar-refractivity contribution >= 4 is 10.0 Å². The third-order valence-corrected chi connectivity index (χ3v) is 5.16. The summed E-state index contributed by atoms with van der Waals surface area (Å²) in [6.07, 6.45) is 3.78. The summed E-state index contributed by atoms with van der Waals surface area (Å²) >= 11 is 0. The molecule has 0 heterocycles. The highest BCUT2D eigenvalue weighted by Gasteiger charge is 2.31. The first-order valence-corrected chi connectivity index (χ1v) is 8.32. The first-order valence-electron chi connectivity index (χ1n) is 6.67. The molecule has 0 bridgehead atoms. The Hall–Kier alpha value is -0.870. The highest BCUT2D eigenvalue weighted by atomic mass is 32.2. The van der Waals surface area contributed by atoms with Gasteiger partial charge in [-0.2, -0.15) is 0 Å². The van der Waals surface area contributed by atoms with E-state index in [0.717, 1.165) is 19.3 Å².